The van der Waals surface area contributed by atoms with Crippen molar-refractivity contribution in [2.45, 2.75) is 13.3 Å². The van der Waals surface area contributed by atoms with E-state index in [1.807, 2.05) is 0 Å². The van der Waals surface area contributed by atoms with Gasteiger partial charge >= 0.3 is 6.36 Å². The highest BCUT2D eigenvalue weighted by Gasteiger charge is 2.31. The number of halogens is 3. The van der Waals surface area contributed by atoms with Crippen LogP contribution in [0.3, 0.4) is 0 Å². The predicted octanol–water partition coefficient (Wildman–Crippen LogP) is 4.13. The van der Waals surface area contributed by atoms with Crippen LogP contribution < -0.4 is 4.74 Å². The highest BCUT2D eigenvalue weighted by molar-refractivity contribution is 5.97. The number of benzene rings is 2. The third-order valence-corrected chi connectivity index (χ3v) is 3.28. The number of rotatable bonds is 3. The Hall–Kier alpha value is -2.83. The second-order valence-corrected chi connectivity index (χ2v) is 4.92. The van der Waals surface area contributed by atoms with Crippen LogP contribution in [0.25, 0.3) is 16.7 Å². The van der Waals surface area contributed by atoms with E-state index in [4.69, 9.17) is 0 Å². The molecule has 0 aliphatic carbocycles. The first-order chi connectivity index (χ1) is 10.8. The summed E-state index contributed by atoms with van der Waals surface area (Å²) >= 11 is 0. The van der Waals surface area contributed by atoms with E-state index in [1.54, 1.807) is 28.8 Å². The lowest BCUT2D eigenvalue weighted by Crippen LogP contribution is -2.17. The number of fused-ring (bicyclic) bond motifs is 1. The van der Waals surface area contributed by atoms with E-state index in [1.165, 1.54) is 31.5 Å². The SMILES string of the molecule is CC(=O)c1ccc2c(c1)ncn2-c1cccc(OC(F)(F)F)c1. The van der Waals surface area contributed by atoms with E-state index < -0.39 is 6.36 Å². The lowest BCUT2D eigenvalue weighted by Gasteiger charge is -2.11. The lowest BCUT2D eigenvalue weighted by atomic mass is 10.1. The number of carbonyl (C=O) groups is 1. The first kappa shape index (κ1) is 15.1. The van der Waals surface area contributed by atoms with E-state index >= 15 is 0 Å². The van der Waals surface area contributed by atoms with Crippen LogP contribution in [-0.2, 0) is 0 Å². The van der Waals surface area contributed by atoms with Gasteiger partial charge in [-0.3, -0.25) is 9.36 Å². The molecule has 1 aromatic heterocycles. The van der Waals surface area contributed by atoms with Gasteiger partial charge in [-0.05, 0) is 37.3 Å². The molecule has 0 amide bonds. The molecule has 0 aliphatic heterocycles. The maximum atomic E-state index is 12.3. The Morgan fingerprint density at radius 3 is 2.65 bits per heavy atom. The molecule has 0 unspecified atom stereocenters. The summed E-state index contributed by atoms with van der Waals surface area (Å²) in [6.07, 6.45) is -3.26. The number of alkyl halides is 3. The van der Waals surface area contributed by atoms with Crippen LogP contribution in [0.1, 0.15) is 17.3 Å². The Bertz CT molecular complexity index is 884. The van der Waals surface area contributed by atoms with Crippen molar-refractivity contribution < 1.29 is 22.7 Å². The normalized spacial score (nSPS) is 11.7. The summed E-state index contributed by atoms with van der Waals surface area (Å²) in [4.78, 5) is 15.6. The molecule has 4 nitrogen and oxygen atoms in total. The summed E-state index contributed by atoms with van der Waals surface area (Å²) < 4.78 is 42.5. The highest BCUT2D eigenvalue weighted by Crippen LogP contribution is 2.26. The van der Waals surface area contributed by atoms with Crippen LogP contribution in [0.15, 0.2) is 48.8 Å². The summed E-state index contributed by atoms with van der Waals surface area (Å²) in [7, 11) is 0. The summed E-state index contributed by atoms with van der Waals surface area (Å²) in [5.41, 5.74) is 2.26. The predicted molar refractivity (Wildman–Crippen MR) is 77.8 cm³/mol. The molecule has 0 N–H and O–H groups in total. The Labute approximate surface area is 129 Å². The molecule has 2 aromatic carbocycles. The third kappa shape index (κ3) is 3.18. The van der Waals surface area contributed by atoms with Crippen LogP contribution in [0, 0.1) is 0 Å². The second-order valence-electron chi connectivity index (χ2n) is 4.92. The van der Waals surface area contributed by atoms with Crippen molar-refractivity contribution in [3.63, 3.8) is 0 Å². The lowest BCUT2D eigenvalue weighted by molar-refractivity contribution is -0.274. The quantitative estimate of drug-likeness (QED) is 0.682. The van der Waals surface area contributed by atoms with Gasteiger partial charge in [-0.2, -0.15) is 0 Å². The van der Waals surface area contributed by atoms with Crippen LogP contribution in [0.5, 0.6) is 5.75 Å². The number of hydrogen-bond donors (Lipinski definition) is 0. The van der Waals surface area contributed by atoms with Gasteiger partial charge in [0, 0.05) is 11.6 Å². The standard InChI is InChI=1S/C16H11F3N2O2/c1-10(22)11-5-6-15-14(7-11)20-9-21(15)12-3-2-4-13(8-12)23-16(17,18)19/h2-9H,1H3. The molecule has 3 rings (SSSR count). The monoisotopic (exact) mass is 320 g/mol. The van der Waals surface area contributed by atoms with Gasteiger partial charge < -0.3 is 4.74 Å². The average molecular weight is 320 g/mol. The van der Waals surface area contributed by atoms with Gasteiger partial charge in [0.25, 0.3) is 0 Å². The highest BCUT2D eigenvalue weighted by atomic mass is 19.4. The number of imidazole rings is 1. The van der Waals surface area contributed by atoms with Gasteiger partial charge in [0.2, 0.25) is 0 Å². The van der Waals surface area contributed by atoms with Crippen molar-refractivity contribution in [1.29, 1.82) is 0 Å². The first-order valence-corrected chi connectivity index (χ1v) is 6.68. The Morgan fingerprint density at radius 2 is 1.96 bits per heavy atom. The topological polar surface area (TPSA) is 44.1 Å². The Kier molecular flexibility index (Phi) is 3.55. The van der Waals surface area contributed by atoms with Crippen LogP contribution in [-0.4, -0.2) is 21.7 Å². The van der Waals surface area contributed by atoms with Gasteiger partial charge in [-0.1, -0.05) is 6.07 Å². The molecule has 0 saturated heterocycles. The minimum Gasteiger partial charge on any atom is -0.406 e. The number of ether oxygens (including phenoxy) is 1. The fourth-order valence-corrected chi connectivity index (χ4v) is 2.27. The summed E-state index contributed by atoms with van der Waals surface area (Å²) in [5.74, 6) is -0.390. The van der Waals surface area contributed by atoms with E-state index in [2.05, 4.69) is 9.72 Å². The molecule has 23 heavy (non-hydrogen) atoms. The van der Waals surface area contributed by atoms with Gasteiger partial charge in [0.15, 0.2) is 5.78 Å². The zero-order valence-corrected chi connectivity index (χ0v) is 12.0. The van der Waals surface area contributed by atoms with Crippen molar-refractivity contribution in [3.05, 3.63) is 54.4 Å². The van der Waals surface area contributed by atoms with Crippen molar-refractivity contribution in [3.8, 4) is 11.4 Å². The van der Waals surface area contributed by atoms with E-state index in [0.29, 0.717) is 22.3 Å². The molecule has 0 fully saturated rings. The summed E-state index contributed by atoms with van der Waals surface area (Å²) in [5, 5.41) is 0. The molecular formula is C16H11F3N2O2. The van der Waals surface area contributed by atoms with Crippen LogP contribution in [0.4, 0.5) is 13.2 Å². The Balaban J connectivity index is 2.03. The maximum Gasteiger partial charge on any atom is 0.573 e. The molecular weight excluding hydrogens is 309 g/mol. The molecule has 7 heteroatoms. The van der Waals surface area contributed by atoms with Crippen LogP contribution >= 0.6 is 0 Å². The van der Waals surface area contributed by atoms with E-state index in [-0.39, 0.29) is 11.5 Å². The number of nitrogens with zero attached hydrogens (tertiary/aromatic N) is 2. The molecule has 0 saturated carbocycles. The van der Waals surface area contributed by atoms with Gasteiger partial charge in [0.05, 0.1) is 16.7 Å². The van der Waals surface area contributed by atoms with E-state index in [9.17, 15) is 18.0 Å². The number of Topliss-reactive ketones (excluding diaryl/α,β-unsaturated/α-hetero) is 1. The smallest absolute Gasteiger partial charge is 0.406 e. The van der Waals surface area contributed by atoms with E-state index in [0.717, 1.165) is 0 Å². The zero-order valence-electron chi connectivity index (χ0n) is 12.0. The fourth-order valence-electron chi connectivity index (χ4n) is 2.27. The number of carbonyl (C=O) groups excluding carboxylic acids is 1. The van der Waals surface area contributed by atoms with Gasteiger partial charge in [-0.25, -0.2) is 4.98 Å². The van der Waals surface area contributed by atoms with Gasteiger partial charge in [0.1, 0.15) is 12.1 Å². The Morgan fingerprint density at radius 1 is 1.17 bits per heavy atom. The van der Waals surface area contributed by atoms with Crippen molar-refractivity contribution in [1.82, 2.24) is 9.55 Å². The minimum atomic E-state index is -4.74. The molecule has 0 bridgehead atoms. The average Bonchev–Trinajstić information content (AvgIpc) is 2.88. The number of ketones is 1. The van der Waals surface area contributed by atoms with Gasteiger partial charge in [-0.15, -0.1) is 13.2 Å². The minimum absolute atomic E-state index is 0.0815. The van der Waals surface area contributed by atoms with Crippen molar-refractivity contribution in [2.24, 2.45) is 0 Å². The molecule has 0 atom stereocenters. The molecule has 3 aromatic rings. The van der Waals surface area contributed by atoms with Crippen molar-refractivity contribution >= 4 is 16.8 Å². The second kappa shape index (κ2) is 5.42. The molecule has 0 radical (unpaired) electrons. The van der Waals surface area contributed by atoms with Crippen molar-refractivity contribution in [2.75, 3.05) is 0 Å². The summed E-state index contributed by atoms with van der Waals surface area (Å²) in [6.45, 7) is 1.45. The number of aromatic nitrogens is 2. The first-order valence-electron chi connectivity index (χ1n) is 6.68. The third-order valence-electron chi connectivity index (χ3n) is 3.28. The molecule has 118 valence electrons. The maximum absolute atomic E-state index is 12.3. The zero-order chi connectivity index (χ0) is 16.6. The fraction of sp³-hybridized carbons (Fsp3) is 0.125. The molecule has 1 heterocycles. The number of hydrogen-bond acceptors (Lipinski definition) is 3. The van der Waals surface area contributed by atoms with Crippen LogP contribution in [0.2, 0.25) is 0 Å². The largest absolute Gasteiger partial charge is 0.573 e. The molecule has 0 spiro atoms. The summed E-state index contributed by atoms with van der Waals surface area (Å²) in [6, 6.07) is 10.6. The molecule has 0 aliphatic rings.